The second kappa shape index (κ2) is 9.34. The molecule has 1 aromatic heterocycles. The number of amides is 2. The van der Waals surface area contributed by atoms with Crippen molar-refractivity contribution >= 4 is 23.2 Å². The Bertz CT molecular complexity index is 833. The maximum atomic E-state index is 13.3. The molecule has 0 saturated heterocycles. The van der Waals surface area contributed by atoms with Crippen LogP contribution in [0.15, 0.2) is 35.7 Å². The van der Waals surface area contributed by atoms with E-state index < -0.39 is 0 Å². The summed E-state index contributed by atoms with van der Waals surface area (Å²) < 4.78 is 5.12. The topological polar surface area (TPSA) is 49.9 Å². The van der Waals surface area contributed by atoms with Gasteiger partial charge < -0.3 is 14.5 Å². The Hall–Kier alpha value is -2.18. The number of rotatable bonds is 7. The zero-order valence-electron chi connectivity index (χ0n) is 16.8. The Balaban J connectivity index is 1.89. The molecule has 2 heterocycles. The van der Waals surface area contributed by atoms with E-state index in [2.05, 4.69) is 30.5 Å². The molecular formula is C22H28N2O3S. The van der Waals surface area contributed by atoms with Crippen molar-refractivity contribution in [2.45, 2.75) is 32.7 Å². The number of carbonyl (C=O) groups is 2. The summed E-state index contributed by atoms with van der Waals surface area (Å²) >= 11 is 1.76. The Morgan fingerprint density at radius 1 is 1.25 bits per heavy atom. The highest BCUT2D eigenvalue weighted by molar-refractivity contribution is 7.10. The molecule has 1 atom stereocenters. The van der Waals surface area contributed by atoms with Crippen LogP contribution in [0.3, 0.4) is 0 Å². The summed E-state index contributed by atoms with van der Waals surface area (Å²) in [5, 5.41) is 2.11. The molecule has 0 aliphatic carbocycles. The first-order chi connectivity index (χ1) is 13.6. The van der Waals surface area contributed by atoms with Gasteiger partial charge in [0.15, 0.2) is 0 Å². The fourth-order valence-corrected chi connectivity index (χ4v) is 4.69. The molecule has 6 heteroatoms. The number of aryl methyl sites for hydroxylation is 1. The summed E-state index contributed by atoms with van der Waals surface area (Å²) in [5.74, 6) is -0.0333. The average molecular weight is 401 g/mol. The number of hydrogen-bond acceptors (Lipinski definition) is 4. The fourth-order valence-electron chi connectivity index (χ4n) is 3.79. The van der Waals surface area contributed by atoms with Gasteiger partial charge in [-0.25, -0.2) is 0 Å². The van der Waals surface area contributed by atoms with E-state index in [4.69, 9.17) is 4.74 Å². The monoisotopic (exact) mass is 400 g/mol. The Morgan fingerprint density at radius 2 is 2.04 bits per heavy atom. The standard InChI is InChI=1S/C22H28N2O3S/c1-4-20(25)23(12-13-27-3)15-21(26)24-11-9-19-18(10-14-28-19)22(24)17-8-6-5-7-16(17)2/h5-8,10,14,22H,4,9,11-13,15H2,1-3H3. The van der Waals surface area contributed by atoms with Crippen LogP contribution in [-0.2, 0) is 20.7 Å². The predicted molar refractivity (Wildman–Crippen MR) is 112 cm³/mol. The number of nitrogens with zero attached hydrogens (tertiary/aromatic N) is 2. The summed E-state index contributed by atoms with van der Waals surface area (Å²) in [6.45, 7) is 5.53. The third kappa shape index (κ3) is 4.28. The largest absolute Gasteiger partial charge is 0.383 e. The highest BCUT2D eigenvalue weighted by Crippen LogP contribution is 2.38. The highest BCUT2D eigenvalue weighted by atomic mass is 32.1. The van der Waals surface area contributed by atoms with Crippen molar-refractivity contribution in [1.82, 2.24) is 9.80 Å². The Labute approximate surface area is 170 Å². The van der Waals surface area contributed by atoms with Gasteiger partial charge in [0.1, 0.15) is 0 Å². The van der Waals surface area contributed by atoms with Gasteiger partial charge in [0.25, 0.3) is 0 Å². The number of thiophene rings is 1. The zero-order valence-corrected chi connectivity index (χ0v) is 17.6. The van der Waals surface area contributed by atoms with Gasteiger partial charge in [0.2, 0.25) is 11.8 Å². The highest BCUT2D eigenvalue weighted by Gasteiger charge is 2.34. The maximum Gasteiger partial charge on any atom is 0.242 e. The van der Waals surface area contributed by atoms with Gasteiger partial charge >= 0.3 is 0 Å². The van der Waals surface area contributed by atoms with Gasteiger partial charge in [0, 0.05) is 31.5 Å². The van der Waals surface area contributed by atoms with E-state index in [-0.39, 0.29) is 24.4 Å². The van der Waals surface area contributed by atoms with Crippen LogP contribution in [0.4, 0.5) is 0 Å². The van der Waals surface area contributed by atoms with E-state index in [1.807, 2.05) is 24.0 Å². The molecule has 1 unspecified atom stereocenters. The van der Waals surface area contributed by atoms with Crippen LogP contribution in [-0.4, -0.2) is 55.0 Å². The quantitative estimate of drug-likeness (QED) is 0.716. The van der Waals surface area contributed by atoms with Gasteiger partial charge in [-0.3, -0.25) is 9.59 Å². The Kier molecular flexibility index (Phi) is 6.86. The SMILES string of the molecule is CCC(=O)N(CCOC)CC(=O)N1CCc2sccc2C1c1ccccc1C. The van der Waals surface area contributed by atoms with Crippen molar-refractivity contribution in [2.24, 2.45) is 0 Å². The number of carbonyl (C=O) groups excluding carboxylic acids is 2. The van der Waals surface area contributed by atoms with Gasteiger partial charge in [-0.05, 0) is 41.5 Å². The average Bonchev–Trinajstić information content (AvgIpc) is 3.19. The normalized spacial score (nSPS) is 16.0. The third-order valence-corrected chi connectivity index (χ3v) is 6.31. The van der Waals surface area contributed by atoms with E-state index >= 15 is 0 Å². The van der Waals surface area contributed by atoms with E-state index in [1.54, 1.807) is 23.3 Å². The fraction of sp³-hybridized carbons (Fsp3) is 0.455. The minimum absolute atomic E-state index is 0.0111. The summed E-state index contributed by atoms with van der Waals surface area (Å²) in [5.41, 5.74) is 3.54. The van der Waals surface area contributed by atoms with Crippen molar-refractivity contribution in [3.8, 4) is 0 Å². The van der Waals surface area contributed by atoms with Crippen molar-refractivity contribution in [3.63, 3.8) is 0 Å². The minimum atomic E-state index is -0.0929. The molecule has 0 N–H and O–H groups in total. The number of benzene rings is 1. The molecule has 0 spiro atoms. The molecule has 0 saturated carbocycles. The first-order valence-corrected chi connectivity index (χ1v) is 10.6. The molecule has 5 nitrogen and oxygen atoms in total. The van der Waals surface area contributed by atoms with Crippen molar-refractivity contribution in [2.75, 3.05) is 33.4 Å². The van der Waals surface area contributed by atoms with Crippen molar-refractivity contribution in [1.29, 1.82) is 0 Å². The second-order valence-corrected chi connectivity index (χ2v) is 8.06. The lowest BCUT2D eigenvalue weighted by molar-refractivity contribution is -0.142. The maximum absolute atomic E-state index is 13.3. The molecule has 2 aromatic rings. The molecule has 1 aliphatic heterocycles. The zero-order chi connectivity index (χ0) is 20.1. The Morgan fingerprint density at radius 3 is 2.75 bits per heavy atom. The molecule has 1 aromatic carbocycles. The number of methoxy groups -OCH3 is 1. The van der Waals surface area contributed by atoms with E-state index in [0.717, 1.165) is 12.0 Å². The predicted octanol–water partition coefficient (Wildman–Crippen LogP) is 3.42. The molecule has 3 rings (SSSR count). The van der Waals surface area contributed by atoms with Crippen molar-refractivity contribution in [3.05, 3.63) is 57.3 Å². The van der Waals surface area contributed by atoms with Gasteiger partial charge in [-0.15, -0.1) is 11.3 Å². The van der Waals surface area contributed by atoms with Crippen LogP contribution in [0.1, 0.15) is 41.0 Å². The van der Waals surface area contributed by atoms with Crippen LogP contribution in [0.2, 0.25) is 0 Å². The van der Waals surface area contributed by atoms with E-state index in [9.17, 15) is 9.59 Å². The lowest BCUT2D eigenvalue weighted by atomic mass is 9.90. The van der Waals surface area contributed by atoms with Gasteiger partial charge in [-0.2, -0.15) is 0 Å². The smallest absolute Gasteiger partial charge is 0.242 e. The third-order valence-electron chi connectivity index (χ3n) is 5.32. The first kappa shape index (κ1) is 20.6. The molecule has 150 valence electrons. The van der Waals surface area contributed by atoms with Crippen LogP contribution in [0, 0.1) is 6.92 Å². The van der Waals surface area contributed by atoms with Crippen LogP contribution in [0.25, 0.3) is 0 Å². The van der Waals surface area contributed by atoms with Crippen molar-refractivity contribution < 1.29 is 14.3 Å². The lowest BCUT2D eigenvalue weighted by Gasteiger charge is -2.38. The molecule has 2 amide bonds. The summed E-state index contributed by atoms with van der Waals surface area (Å²) in [4.78, 5) is 30.5. The van der Waals surface area contributed by atoms with E-state index in [1.165, 1.54) is 16.0 Å². The van der Waals surface area contributed by atoms with Gasteiger partial charge in [0.05, 0.1) is 19.2 Å². The van der Waals surface area contributed by atoms with Crippen LogP contribution in [0.5, 0.6) is 0 Å². The van der Waals surface area contributed by atoms with E-state index in [0.29, 0.717) is 26.1 Å². The summed E-state index contributed by atoms with van der Waals surface area (Å²) in [6.07, 6.45) is 1.24. The molecular weight excluding hydrogens is 372 g/mol. The second-order valence-electron chi connectivity index (χ2n) is 7.06. The minimum Gasteiger partial charge on any atom is -0.383 e. The molecule has 0 radical (unpaired) electrons. The number of hydrogen-bond donors (Lipinski definition) is 0. The number of fused-ring (bicyclic) bond motifs is 1. The molecule has 0 fully saturated rings. The van der Waals surface area contributed by atoms with Crippen LogP contribution >= 0.6 is 11.3 Å². The molecule has 0 bridgehead atoms. The molecule has 28 heavy (non-hydrogen) atoms. The van der Waals surface area contributed by atoms with Gasteiger partial charge in [-0.1, -0.05) is 31.2 Å². The lowest BCUT2D eigenvalue weighted by Crippen LogP contribution is -2.47. The summed E-state index contributed by atoms with van der Waals surface area (Å²) in [7, 11) is 1.60. The van der Waals surface area contributed by atoms with Crippen LogP contribution < -0.4 is 0 Å². The summed E-state index contributed by atoms with van der Waals surface area (Å²) in [6, 6.07) is 10.3. The number of ether oxygens (including phenoxy) is 1. The molecule has 1 aliphatic rings. The first-order valence-electron chi connectivity index (χ1n) is 9.74.